The van der Waals surface area contributed by atoms with Crippen molar-refractivity contribution in [2.45, 2.75) is 70.8 Å². The van der Waals surface area contributed by atoms with E-state index in [2.05, 4.69) is 29.3 Å². The van der Waals surface area contributed by atoms with E-state index in [9.17, 15) is 14.4 Å². The molecule has 38 heavy (non-hydrogen) atoms. The van der Waals surface area contributed by atoms with E-state index in [1.165, 1.54) is 31.2 Å². The first kappa shape index (κ1) is 27.7. The Morgan fingerprint density at radius 2 is 1.61 bits per heavy atom. The van der Waals surface area contributed by atoms with Gasteiger partial charge >= 0.3 is 0 Å². The number of anilines is 1. The first-order valence-corrected chi connectivity index (χ1v) is 14.3. The van der Waals surface area contributed by atoms with Crippen molar-refractivity contribution in [1.82, 2.24) is 15.1 Å². The van der Waals surface area contributed by atoms with Gasteiger partial charge in [-0.05, 0) is 61.9 Å². The average molecular weight is 519 g/mol. The fraction of sp³-hybridized carbons (Fsp3) is 0.516. The predicted molar refractivity (Wildman–Crippen MR) is 151 cm³/mol. The zero-order chi connectivity index (χ0) is 27.0. The van der Waals surface area contributed by atoms with E-state index >= 15 is 0 Å². The molecule has 0 aromatic heterocycles. The highest BCUT2D eigenvalue weighted by Crippen LogP contribution is 2.39. The van der Waals surface area contributed by atoms with Crippen molar-refractivity contribution in [3.8, 4) is 0 Å². The van der Waals surface area contributed by atoms with Gasteiger partial charge in [-0.25, -0.2) is 0 Å². The Kier molecular flexibility index (Phi) is 9.43. The molecule has 2 aromatic carbocycles. The first-order chi connectivity index (χ1) is 18.5. The monoisotopic (exact) mass is 518 g/mol. The summed E-state index contributed by atoms with van der Waals surface area (Å²) in [6, 6.07) is 17.9. The average Bonchev–Trinajstić information content (AvgIpc) is 3.21. The predicted octanol–water partition coefficient (Wildman–Crippen LogP) is 4.62. The summed E-state index contributed by atoms with van der Waals surface area (Å²) in [7, 11) is 0. The summed E-state index contributed by atoms with van der Waals surface area (Å²) in [4.78, 5) is 45.2. The van der Waals surface area contributed by atoms with Gasteiger partial charge in [0.2, 0.25) is 5.91 Å². The molecule has 2 saturated heterocycles. The van der Waals surface area contributed by atoms with Crippen LogP contribution in [0.4, 0.5) is 5.69 Å². The molecular formula is C31H42N4O3. The fourth-order valence-electron chi connectivity index (χ4n) is 5.65. The maximum absolute atomic E-state index is 13.8. The molecule has 0 radical (unpaired) electrons. The number of para-hydroxylation sites is 1. The lowest BCUT2D eigenvalue weighted by Crippen LogP contribution is -2.57. The van der Waals surface area contributed by atoms with Crippen LogP contribution in [0, 0.1) is 0 Å². The molecule has 1 spiro atoms. The Morgan fingerprint density at radius 1 is 0.895 bits per heavy atom. The second-order valence-corrected chi connectivity index (χ2v) is 10.6. The van der Waals surface area contributed by atoms with Gasteiger partial charge in [0.1, 0.15) is 12.1 Å². The molecule has 3 amide bonds. The fourth-order valence-corrected chi connectivity index (χ4v) is 5.65. The third-order valence-corrected chi connectivity index (χ3v) is 7.89. The van der Waals surface area contributed by atoms with Gasteiger partial charge in [-0.1, -0.05) is 63.4 Å². The van der Waals surface area contributed by atoms with Crippen molar-refractivity contribution in [1.29, 1.82) is 0 Å². The number of hydrogen-bond acceptors (Lipinski definition) is 4. The van der Waals surface area contributed by atoms with Crippen LogP contribution in [-0.4, -0.2) is 65.9 Å². The van der Waals surface area contributed by atoms with Crippen LogP contribution in [0.2, 0.25) is 0 Å². The Morgan fingerprint density at radius 3 is 2.26 bits per heavy atom. The van der Waals surface area contributed by atoms with Gasteiger partial charge < -0.3 is 20.0 Å². The number of piperidine rings is 1. The lowest BCUT2D eigenvalue weighted by atomic mass is 9.85. The lowest BCUT2D eigenvalue weighted by Gasteiger charge is -2.43. The van der Waals surface area contributed by atoms with Crippen LogP contribution < -0.4 is 10.2 Å². The minimum Gasteiger partial charge on any atom is -0.355 e. The van der Waals surface area contributed by atoms with Gasteiger partial charge in [-0.2, -0.15) is 0 Å². The molecule has 204 valence electrons. The summed E-state index contributed by atoms with van der Waals surface area (Å²) in [6.45, 7) is 6.25. The zero-order valence-corrected chi connectivity index (χ0v) is 23.0. The van der Waals surface area contributed by atoms with Crippen LogP contribution in [0.15, 0.2) is 54.6 Å². The Hall–Kier alpha value is -3.35. The lowest BCUT2D eigenvalue weighted by molar-refractivity contribution is -0.137. The molecular weight excluding hydrogens is 476 g/mol. The Labute approximate surface area is 227 Å². The molecule has 7 heteroatoms. The second kappa shape index (κ2) is 12.9. The van der Waals surface area contributed by atoms with Crippen LogP contribution in [0.25, 0.3) is 0 Å². The van der Waals surface area contributed by atoms with E-state index in [0.717, 1.165) is 18.5 Å². The standard InChI is InChI=1S/C31H42N4O3/c1-3-5-6-8-11-25-14-16-26(17-15-25)29(37)33-21-18-31(19-22-33)30(38)34(23-28(36)32-20-4-2)24-35(31)27-12-9-7-10-13-27/h7,9-10,12-17H,3-6,8,11,18-24H2,1-2H3,(H,32,36). The van der Waals surface area contributed by atoms with Gasteiger partial charge in [-0.3, -0.25) is 14.4 Å². The van der Waals surface area contributed by atoms with Gasteiger partial charge in [0, 0.05) is 30.9 Å². The third-order valence-electron chi connectivity index (χ3n) is 7.89. The van der Waals surface area contributed by atoms with Crippen molar-refractivity contribution < 1.29 is 14.4 Å². The van der Waals surface area contributed by atoms with E-state index in [1.54, 1.807) is 4.90 Å². The van der Waals surface area contributed by atoms with Crippen LogP contribution >= 0.6 is 0 Å². The van der Waals surface area contributed by atoms with E-state index in [-0.39, 0.29) is 24.3 Å². The van der Waals surface area contributed by atoms with Crippen molar-refractivity contribution in [2.75, 3.05) is 37.7 Å². The van der Waals surface area contributed by atoms with Crippen molar-refractivity contribution in [2.24, 2.45) is 0 Å². The molecule has 1 N–H and O–H groups in total. The van der Waals surface area contributed by atoms with E-state index in [4.69, 9.17) is 0 Å². The molecule has 0 aliphatic carbocycles. The zero-order valence-electron chi connectivity index (χ0n) is 23.0. The second-order valence-electron chi connectivity index (χ2n) is 10.6. The highest BCUT2D eigenvalue weighted by Gasteiger charge is 2.54. The number of rotatable bonds is 11. The normalized spacial score (nSPS) is 16.8. The summed E-state index contributed by atoms with van der Waals surface area (Å²) in [5.74, 6) is -0.135. The van der Waals surface area contributed by atoms with Crippen LogP contribution in [-0.2, 0) is 16.0 Å². The SMILES string of the molecule is CCCCCCc1ccc(C(=O)N2CCC3(CC2)C(=O)N(CC(=O)NCCC)CN3c2ccccc2)cc1. The molecule has 2 heterocycles. The molecule has 2 fully saturated rings. The highest BCUT2D eigenvalue weighted by atomic mass is 16.2. The summed E-state index contributed by atoms with van der Waals surface area (Å²) in [6.07, 6.45) is 7.89. The topological polar surface area (TPSA) is 73.0 Å². The molecule has 2 aromatic rings. The van der Waals surface area contributed by atoms with Crippen molar-refractivity contribution in [3.05, 3.63) is 65.7 Å². The largest absolute Gasteiger partial charge is 0.355 e. The summed E-state index contributed by atoms with van der Waals surface area (Å²) >= 11 is 0. The molecule has 2 aliphatic heterocycles. The van der Waals surface area contributed by atoms with Gasteiger partial charge in [0.25, 0.3) is 11.8 Å². The van der Waals surface area contributed by atoms with Gasteiger partial charge in [-0.15, -0.1) is 0 Å². The number of carbonyl (C=O) groups is 3. The first-order valence-electron chi connectivity index (χ1n) is 14.3. The number of hydrogen-bond donors (Lipinski definition) is 1. The van der Waals surface area contributed by atoms with Gasteiger partial charge in [0.05, 0.1) is 6.67 Å². The number of amides is 3. The van der Waals surface area contributed by atoms with Gasteiger partial charge in [0.15, 0.2) is 0 Å². The molecule has 2 aliphatic rings. The van der Waals surface area contributed by atoms with E-state index < -0.39 is 5.54 Å². The van der Waals surface area contributed by atoms with E-state index in [1.807, 2.05) is 54.3 Å². The number of nitrogens with zero attached hydrogens (tertiary/aromatic N) is 3. The smallest absolute Gasteiger partial charge is 0.253 e. The summed E-state index contributed by atoms with van der Waals surface area (Å²) in [5.41, 5.74) is 2.19. The molecule has 0 atom stereocenters. The summed E-state index contributed by atoms with van der Waals surface area (Å²) in [5, 5.41) is 2.88. The van der Waals surface area contributed by atoms with Crippen molar-refractivity contribution in [3.63, 3.8) is 0 Å². The maximum Gasteiger partial charge on any atom is 0.253 e. The maximum atomic E-state index is 13.8. The van der Waals surface area contributed by atoms with Crippen molar-refractivity contribution >= 4 is 23.4 Å². The number of likely N-dealkylation sites (tertiary alicyclic amines) is 1. The van der Waals surface area contributed by atoms with Crippen LogP contribution in [0.3, 0.4) is 0 Å². The molecule has 4 rings (SSSR count). The van der Waals surface area contributed by atoms with Crippen LogP contribution in [0.1, 0.15) is 74.7 Å². The summed E-state index contributed by atoms with van der Waals surface area (Å²) < 4.78 is 0. The molecule has 0 saturated carbocycles. The molecule has 7 nitrogen and oxygen atoms in total. The number of carbonyl (C=O) groups excluding carboxylic acids is 3. The number of nitrogens with one attached hydrogen (secondary N) is 1. The number of benzene rings is 2. The minimum atomic E-state index is -0.745. The minimum absolute atomic E-state index is 0.0184. The van der Waals surface area contributed by atoms with E-state index in [0.29, 0.717) is 44.7 Å². The van der Waals surface area contributed by atoms with Crippen LogP contribution in [0.5, 0.6) is 0 Å². The quantitative estimate of drug-likeness (QED) is 0.441. The Bertz CT molecular complexity index is 1080. The number of aryl methyl sites for hydroxylation is 1. The Balaban J connectivity index is 1.43. The molecule has 0 unspecified atom stereocenters. The number of unbranched alkanes of at least 4 members (excludes halogenated alkanes) is 3. The molecule has 0 bridgehead atoms. The third kappa shape index (κ3) is 6.20. The highest BCUT2D eigenvalue weighted by molar-refractivity contribution is 5.97.